The summed E-state index contributed by atoms with van der Waals surface area (Å²) in [6.45, 7) is 4.01. The summed E-state index contributed by atoms with van der Waals surface area (Å²) < 4.78 is 18.5. The van der Waals surface area contributed by atoms with Crippen molar-refractivity contribution in [1.82, 2.24) is 4.90 Å². The molecule has 2 rings (SSSR count). The highest BCUT2D eigenvalue weighted by Crippen LogP contribution is 2.18. The number of hydrogen-bond acceptors (Lipinski definition) is 4. The van der Waals surface area contributed by atoms with Gasteiger partial charge >= 0.3 is 0 Å². The second-order valence-electron chi connectivity index (χ2n) is 4.86. The van der Waals surface area contributed by atoms with Crippen molar-refractivity contribution < 1.29 is 13.9 Å². The fraction of sp³-hybridized carbons (Fsp3) is 0.429. The summed E-state index contributed by atoms with van der Waals surface area (Å²) in [6, 6.07) is 3.64. The standard InChI is InChI=1S/C14H18FN3O2S/c1-9(14(19)18-4-6-20-7-5-18)17-12-3-2-10(15)8-11(12)13(16)21/h2-3,8-9,17H,4-7H2,1H3,(H2,16,21). The summed E-state index contributed by atoms with van der Waals surface area (Å²) in [5.41, 5.74) is 6.54. The molecule has 1 unspecified atom stereocenters. The largest absolute Gasteiger partial charge is 0.389 e. The first kappa shape index (κ1) is 15.7. The Hall–Kier alpha value is -1.73. The van der Waals surface area contributed by atoms with Crippen LogP contribution in [-0.2, 0) is 9.53 Å². The lowest BCUT2D eigenvalue weighted by Gasteiger charge is -2.30. The second kappa shape index (κ2) is 6.82. The van der Waals surface area contributed by atoms with E-state index in [2.05, 4.69) is 5.32 Å². The number of anilines is 1. The third kappa shape index (κ3) is 3.89. The summed E-state index contributed by atoms with van der Waals surface area (Å²) >= 11 is 4.91. The maximum Gasteiger partial charge on any atom is 0.244 e. The van der Waals surface area contributed by atoms with Crippen LogP contribution in [0.4, 0.5) is 10.1 Å². The van der Waals surface area contributed by atoms with Crippen molar-refractivity contribution in [2.24, 2.45) is 5.73 Å². The number of nitrogens with two attached hydrogens (primary N) is 1. The lowest BCUT2D eigenvalue weighted by atomic mass is 10.1. The molecule has 0 aliphatic carbocycles. The fourth-order valence-electron chi connectivity index (χ4n) is 2.20. The molecular formula is C14H18FN3O2S. The van der Waals surface area contributed by atoms with E-state index in [9.17, 15) is 9.18 Å². The Kier molecular flexibility index (Phi) is 5.08. The number of ether oxygens (including phenoxy) is 1. The monoisotopic (exact) mass is 311 g/mol. The molecule has 114 valence electrons. The number of benzene rings is 1. The third-order valence-electron chi connectivity index (χ3n) is 3.31. The van der Waals surface area contributed by atoms with Gasteiger partial charge in [0.1, 0.15) is 16.8 Å². The van der Waals surface area contributed by atoms with E-state index in [1.165, 1.54) is 18.2 Å². The summed E-state index contributed by atoms with van der Waals surface area (Å²) in [5, 5.41) is 3.05. The molecule has 1 amide bonds. The van der Waals surface area contributed by atoms with Gasteiger partial charge in [-0.1, -0.05) is 12.2 Å². The van der Waals surface area contributed by atoms with Crippen molar-refractivity contribution in [1.29, 1.82) is 0 Å². The highest BCUT2D eigenvalue weighted by molar-refractivity contribution is 7.80. The van der Waals surface area contributed by atoms with Crippen LogP contribution in [0.3, 0.4) is 0 Å². The molecule has 1 saturated heterocycles. The van der Waals surface area contributed by atoms with E-state index in [1.54, 1.807) is 11.8 Å². The smallest absolute Gasteiger partial charge is 0.244 e. The van der Waals surface area contributed by atoms with Gasteiger partial charge < -0.3 is 20.7 Å². The van der Waals surface area contributed by atoms with E-state index >= 15 is 0 Å². The average Bonchev–Trinajstić information content (AvgIpc) is 2.49. The molecule has 1 aromatic carbocycles. The SMILES string of the molecule is CC(Nc1ccc(F)cc1C(N)=S)C(=O)N1CCOCC1. The highest BCUT2D eigenvalue weighted by Gasteiger charge is 2.23. The molecule has 1 fully saturated rings. The zero-order valence-electron chi connectivity index (χ0n) is 11.8. The van der Waals surface area contributed by atoms with Gasteiger partial charge in [-0.3, -0.25) is 4.79 Å². The number of nitrogens with one attached hydrogen (secondary N) is 1. The Bertz CT molecular complexity index is 547. The molecule has 21 heavy (non-hydrogen) atoms. The molecule has 3 N–H and O–H groups in total. The Morgan fingerprint density at radius 2 is 2.14 bits per heavy atom. The molecule has 1 aliphatic rings. The normalized spacial score (nSPS) is 16.4. The van der Waals surface area contributed by atoms with Crippen LogP contribution < -0.4 is 11.1 Å². The van der Waals surface area contributed by atoms with Crippen molar-refractivity contribution in [3.63, 3.8) is 0 Å². The fourth-order valence-corrected chi connectivity index (χ4v) is 2.37. The zero-order valence-corrected chi connectivity index (χ0v) is 12.6. The molecular weight excluding hydrogens is 293 g/mol. The van der Waals surface area contributed by atoms with Crippen LogP contribution in [0.5, 0.6) is 0 Å². The molecule has 0 bridgehead atoms. The van der Waals surface area contributed by atoms with Gasteiger partial charge in [-0.15, -0.1) is 0 Å². The van der Waals surface area contributed by atoms with E-state index in [4.69, 9.17) is 22.7 Å². The van der Waals surface area contributed by atoms with Crippen molar-refractivity contribution in [3.05, 3.63) is 29.6 Å². The zero-order chi connectivity index (χ0) is 15.4. The van der Waals surface area contributed by atoms with Crippen LogP contribution in [0.25, 0.3) is 0 Å². The molecule has 0 radical (unpaired) electrons. The van der Waals surface area contributed by atoms with Gasteiger partial charge in [-0.05, 0) is 25.1 Å². The van der Waals surface area contributed by atoms with Gasteiger partial charge in [0.25, 0.3) is 0 Å². The second-order valence-corrected chi connectivity index (χ2v) is 5.30. The van der Waals surface area contributed by atoms with Crippen LogP contribution >= 0.6 is 12.2 Å². The first-order chi connectivity index (χ1) is 9.99. The summed E-state index contributed by atoms with van der Waals surface area (Å²) in [5.74, 6) is -0.452. The number of halogens is 1. The van der Waals surface area contributed by atoms with Crippen molar-refractivity contribution in [2.75, 3.05) is 31.6 Å². The number of hydrogen-bond donors (Lipinski definition) is 2. The lowest BCUT2D eigenvalue weighted by Crippen LogP contribution is -2.47. The molecule has 1 atom stereocenters. The quantitative estimate of drug-likeness (QED) is 0.816. The van der Waals surface area contributed by atoms with Gasteiger partial charge in [-0.2, -0.15) is 0 Å². The number of amides is 1. The van der Waals surface area contributed by atoms with Gasteiger partial charge in [0.15, 0.2) is 0 Å². The number of rotatable bonds is 4. The van der Waals surface area contributed by atoms with Crippen molar-refractivity contribution in [2.45, 2.75) is 13.0 Å². The van der Waals surface area contributed by atoms with E-state index in [-0.39, 0.29) is 10.9 Å². The minimum atomic E-state index is -0.457. The molecule has 0 aromatic heterocycles. The molecule has 0 saturated carbocycles. The Morgan fingerprint density at radius 1 is 1.48 bits per heavy atom. The van der Waals surface area contributed by atoms with Gasteiger partial charge in [0.2, 0.25) is 5.91 Å². The van der Waals surface area contributed by atoms with Crippen LogP contribution in [-0.4, -0.2) is 48.1 Å². The first-order valence-electron chi connectivity index (χ1n) is 6.71. The average molecular weight is 311 g/mol. The maximum absolute atomic E-state index is 13.3. The van der Waals surface area contributed by atoms with E-state index < -0.39 is 11.9 Å². The number of nitrogens with zero attached hydrogens (tertiary/aromatic N) is 1. The first-order valence-corrected chi connectivity index (χ1v) is 7.12. The number of carbonyl (C=O) groups excluding carboxylic acids is 1. The molecule has 5 nitrogen and oxygen atoms in total. The Balaban J connectivity index is 2.10. The van der Waals surface area contributed by atoms with E-state index in [0.717, 1.165) is 0 Å². The third-order valence-corrected chi connectivity index (χ3v) is 3.53. The van der Waals surface area contributed by atoms with Crippen molar-refractivity contribution >= 4 is 28.8 Å². The van der Waals surface area contributed by atoms with Gasteiger partial charge in [0.05, 0.1) is 13.2 Å². The van der Waals surface area contributed by atoms with Crippen molar-refractivity contribution in [3.8, 4) is 0 Å². The van der Waals surface area contributed by atoms with Crippen LogP contribution in [0.2, 0.25) is 0 Å². The highest BCUT2D eigenvalue weighted by atomic mass is 32.1. The number of morpholine rings is 1. The van der Waals surface area contributed by atoms with E-state index in [1.807, 2.05) is 0 Å². The molecule has 0 spiro atoms. The van der Waals surface area contributed by atoms with Gasteiger partial charge in [0, 0.05) is 24.3 Å². The van der Waals surface area contributed by atoms with Crippen LogP contribution in [0.15, 0.2) is 18.2 Å². The summed E-state index contributed by atoms with van der Waals surface area (Å²) in [6.07, 6.45) is 0. The number of thiocarbonyl (C=S) groups is 1. The number of carbonyl (C=O) groups is 1. The minimum Gasteiger partial charge on any atom is -0.389 e. The molecule has 7 heteroatoms. The predicted molar refractivity (Wildman–Crippen MR) is 82.8 cm³/mol. The molecule has 1 heterocycles. The predicted octanol–water partition coefficient (Wildman–Crippen LogP) is 1.12. The Labute approximate surface area is 128 Å². The maximum atomic E-state index is 13.3. The topological polar surface area (TPSA) is 67.6 Å². The molecule has 1 aromatic rings. The Morgan fingerprint density at radius 3 is 2.76 bits per heavy atom. The lowest BCUT2D eigenvalue weighted by molar-refractivity contribution is -0.135. The van der Waals surface area contributed by atoms with Gasteiger partial charge in [-0.25, -0.2) is 4.39 Å². The van der Waals surface area contributed by atoms with E-state index in [0.29, 0.717) is 37.6 Å². The van der Waals surface area contributed by atoms with Crippen LogP contribution in [0.1, 0.15) is 12.5 Å². The van der Waals surface area contributed by atoms with Crippen LogP contribution in [0, 0.1) is 5.82 Å². The minimum absolute atomic E-state index is 0.0310. The summed E-state index contributed by atoms with van der Waals surface area (Å²) in [4.78, 5) is 14.1. The summed E-state index contributed by atoms with van der Waals surface area (Å²) in [7, 11) is 0. The molecule has 1 aliphatic heterocycles.